The van der Waals surface area contributed by atoms with Gasteiger partial charge in [-0.05, 0) is 82.9 Å². The lowest BCUT2D eigenvalue weighted by Crippen LogP contribution is -2.17. The number of amides is 1. The van der Waals surface area contributed by atoms with Crippen molar-refractivity contribution < 1.29 is 14.3 Å². The number of hydrogen-bond donors (Lipinski definition) is 2. The Kier molecular flexibility index (Phi) is 8.78. The summed E-state index contributed by atoms with van der Waals surface area (Å²) >= 11 is 3.66. The zero-order valence-electron chi connectivity index (χ0n) is 19.6. The molecule has 5 nitrogen and oxygen atoms in total. The highest BCUT2D eigenvalue weighted by molar-refractivity contribution is 9.10. The van der Waals surface area contributed by atoms with E-state index < -0.39 is 0 Å². The molecule has 0 aliphatic carbocycles. The molecule has 0 spiro atoms. The number of anilines is 2. The summed E-state index contributed by atoms with van der Waals surface area (Å²) < 4.78 is 12.9. The number of carbonyl (C=O) groups excluding carboxylic acids is 1. The molecule has 0 bridgehead atoms. The minimum atomic E-state index is -0.0514. The number of ether oxygens (including phenoxy) is 2. The van der Waals surface area contributed by atoms with Gasteiger partial charge >= 0.3 is 0 Å². The van der Waals surface area contributed by atoms with Gasteiger partial charge in [0.25, 0.3) is 0 Å². The first-order chi connectivity index (χ1) is 15.9. The van der Waals surface area contributed by atoms with E-state index in [1.807, 2.05) is 69.3 Å². The van der Waals surface area contributed by atoms with Gasteiger partial charge in [-0.1, -0.05) is 38.1 Å². The maximum Gasteiger partial charge on any atom is 0.226 e. The first kappa shape index (κ1) is 24.6. The molecule has 0 atom stereocenters. The first-order valence-corrected chi connectivity index (χ1v) is 11.9. The summed E-state index contributed by atoms with van der Waals surface area (Å²) in [6, 6.07) is 19.9. The Labute approximate surface area is 204 Å². The van der Waals surface area contributed by atoms with Gasteiger partial charge in [-0.25, -0.2) is 0 Å². The van der Waals surface area contributed by atoms with Gasteiger partial charge in [-0.2, -0.15) is 0 Å². The molecule has 3 aromatic rings. The Balaban J connectivity index is 1.67. The van der Waals surface area contributed by atoms with E-state index in [9.17, 15) is 4.79 Å². The van der Waals surface area contributed by atoms with Crippen molar-refractivity contribution in [3.63, 3.8) is 0 Å². The molecule has 0 fully saturated rings. The third-order valence-electron chi connectivity index (χ3n) is 5.18. The molecular formula is C27H31BrN2O3. The molecule has 0 saturated heterocycles. The second-order valence-electron chi connectivity index (χ2n) is 8.13. The fourth-order valence-corrected chi connectivity index (χ4v) is 3.81. The van der Waals surface area contributed by atoms with Gasteiger partial charge in [-0.3, -0.25) is 4.79 Å². The molecule has 0 aromatic heterocycles. The molecule has 3 rings (SSSR count). The Hall–Kier alpha value is -2.99. The van der Waals surface area contributed by atoms with Gasteiger partial charge in [0.15, 0.2) is 11.5 Å². The van der Waals surface area contributed by atoms with Crippen molar-refractivity contribution in [2.45, 2.75) is 40.8 Å². The molecule has 33 heavy (non-hydrogen) atoms. The highest BCUT2D eigenvalue weighted by Gasteiger charge is 2.13. The van der Waals surface area contributed by atoms with Crippen molar-refractivity contribution in [3.05, 3.63) is 81.8 Å². The molecule has 0 aliphatic heterocycles. The number of halogens is 1. The summed E-state index contributed by atoms with van der Waals surface area (Å²) in [6.45, 7) is 9.43. The molecule has 174 valence electrons. The third kappa shape index (κ3) is 6.99. The van der Waals surface area contributed by atoms with E-state index >= 15 is 0 Å². The lowest BCUT2D eigenvalue weighted by molar-refractivity contribution is -0.118. The highest BCUT2D eigenvalue weighted by atomic mass is 79.9. The summed E-state index contributed by atoms with van der Waals surface area (Å²) in [5, 5.41) is 6.32. The second kappa shape index (κ2) is 11.8. The van der Waals surface area contributed by atoms with Gasteiger partial charge in [0.2, 0.25) is 5.91 Å². The van der Waals surface area contributed by atoms with E-state index in [0.717, 1.165) is 27.0 Å². The maximum absolute atomic E-state index is 11.8. The van der Waals surface area contributed by atoms with Crippen LogP contribution in [0.25, 0.3) is 0 Å². The molecule has 6 heteroatoms. The predicted octanol–water partition coefficient (Wildman–Crippen LogP) is 6.94. The number of hydrogen-bond acceptors (Lipinski definition) is 4. The van der Waals surface area contributed by atoms with Crippen LogP contribution in [-0.4, -0.2) is 12.5 Å². The summed E-state index contributed by atoms with van der Waals surface area (Å²) in [5.74, 6) is 1.37. The van der Waals surface area contributed by atoms with Crippen LogP contribution in [0.15, 0.2) is 65.1 Å². The summed E-state index contributed by atoms with van der Waals surface area (Å²) in [7, 11) is 0. The van der Waals surface area contributed by atoms with Gasteiger partial charge in [-0.15, -0.1) is 0 Å². The van der Waals surface area contributed by atoms with Crippen molar-refractivity contribution in [1.29, 1.82) is 0 Å². The van der Waals surface area contributed by atoms with Crippen LogP contribution in [0.2, 0.25) is 0 Å². The van der Waals surface area contributed by atoms with Gasteiger partial charge in [0.1, 0.15) is 6.61 Å². The van der Waals surface area contributed by atoms with Gasteiger partial charge in [0, 0.05) is 23.8 Å². The van der Waals surface area contributed by atoms with Crippen molar-refractivity contribution in [1.82, 2.24) is 0 Å². The molecule has 0 saturated carbocycles. The monoisotopic (exact) mass is 510 g/mol. The number of rotatable bonds is 10. The SMILES string of the molecule is CCOc1cc(CNc2ccc(NC(=O)C(C)C)cc2)cc(Br)c1OCc1ccccc1C. The fraction of sp³-hybridized carbons (Fsp3) is 0.296. The van der Waals surface area contributed by atoms with E-state index in [0.29, 0.717) is 31.3 Å². The van der Waals surface area contributed by atoms with Crippen LogP contribution in [0.5, 0.6) is 11.5 Å². The van der Waals surface area contributed by atoms with Crippen LogP contribution in [0, 0.1) is 12.8 Å². The number of carbonyl (C=O) groups is 1. The topological polar surface area (TPSA) is 59.6 Å². The van der Waals surface area contributed by atoms with E-state index in [1.165, 1.54) is 5.56 Å². The highest BCUT2D eigenvalue weighted by Crippen LogP contribution is 2.38. The second-order valence-corrected chi connectivity index (χ2v) is 8.98. The Morgan fingerprint density at radius 3 is 2.36 bits per heavy atom. The Bertz CT molecular complexity index is 1080. The zero-order valence-corrected chi connectivity index (χ0v) is 21.2. The molecule has 1 amide bonds. The lowest BCUT2D eigenvalue weighted by Gasteiger charge is -2.17. The van der Waals surface area contributed by atoms with E-state index in [-0.39, 0.29) is 11.8 Å². The average Bonchev–Trinajstić information content (AvgIpc) is 2.79. The quantitative estimate of drug-likeness (QED) is 0.310. The van der Waals surface area contributed by atoms with Crippen molar-refractivity contribution in [2.75, 3.05) is 17.2 Å². The fourth-order valence-electron chi connectivity index (χ4n) is 3.21. The summed E-state index contributed by atoms with van der Waals surface area (Å²) in [4.78, 5) is 11.8. The Morgan fingerprint density at radius 1 is 1.00 bits per heavy atom. The summed E-state index contributed by atoms with van der Waals surface area (Å²) in [5.41, 5.74) is 5.15. The van der Waals surface area contributed by atoms with Crippen molar-refractivity contribution in [2.24, 2.45) is 5.92 Å². The maximum atomic E-state index is 11.8. The zero-order chi connectivity index (χ0) is 23.8. The van der Waals surface area contributed by atoms with Crippen LogP contribution in [0.3, 0.4) is 0 Å². The molecule has 0 unspecified atom stereocenters. The van der Waals surface area contributed by atoms with Crippen molar-refractivity contribution in [3.8, 4) is 11.5 Å². The van der Waals surface area contributed by atoms with E-state index in [1.54, 1.807) is 0 Å². The summed E-state index contributed by atoms with van der Waals surface area (Å²) in [6.07, 6.45) is 0. The number of nitrogens with one attached hydrogen (secondary N) is 2. The first-order valence-electron chi connectivity index (χ1n) is 11.1. The van der Waals surface area contributed by atoms with E-state index in [2.05, 4.69) is 45.6 Å². The Morgan fingerprint density at radius 2 is 1.70 bits per heavy atom. The molecule has 0 aliphatic rings. The smallest absolute Gasteiger partial charge is 0.226 e. The van der Waals surface area contributed by atoms with Crippen LogP contribution < -0.4 is 20.1 Å². The van der Waals surface area contributed by atoms with Crippen LogP contribution >= 0.6 is 15.9 Å². The molecule has 3 aromatic carbocycles. The van der Waals surface area contributed by atoms with Crippen LogP contribution in [0.1, 0.15) is 37.5 Å². The minimum absolute atomic E-state index is 0.00810. The van der Waals surface area contributed by atoms with Crippen LogP contribution in [0.4, 0.5) is 11.4 Å². The lowest BCUT2D eigenvalue weighted by atomic mass is 10.1. The van der Waals surface area contributed by atoms with Gasteiger partial charge in [0.05, 0.1) is 11.1 Å². The standard InChI is InChI=1S/C27H31BrN2O3/c1-5-32-25-15-20(14-24(28)26(25)33-17-21-9-7-6-8-19(21)4)16-29-22-10-12-23(13-11-22)30-27(31)18(2)3/h6-15,18,29H,5,16-17H2,1-4H3,(H,30,31). The van der Waals surface area contributed by atoms with Crippen molar-refractivity contribution >= 4 is 33.2 Å². The van der Waals surface area contributed by atoms with E-state index in [4.69, 9.17) is 9.47 Å². The molecular weight excluding hydrogens is 480 g/mol. The number of aryl methyl sites for hydroxylation is 1. The molecule has 2 N–H and O–H groups in total. The molecule has 0 radical (unpaired) electrons. The normalized spacial score (nSPS) is 10.7. The minimum Gasteiger partial charge on any atom is -0.490 e. The number of benzene rings is 3. The van der Waals surface area contributed by atoms with Crippen LogP contribution in [-0.2, 0) is 17.9 Å². The predicted molar refractivity (Wildman–Crippen MR) is 138 cm³/mol. The third-order valence-corrected chi connectivity index (χ3v) is 5.76. The van der Waals surface area contributed by atoms with Gasteiger partial charge < -0.3 is 20.1 Å². The largest absolute Gasteiger partial charge is 0.490 e. The average molecular weight is 511 g/mol. The molecule has 0 heterocycles.